The average molecular weight is 312 g/mol. The molecule has 1 amide bonds. The Balaban J connectivity index is 2.27. The minimum atomic E-state index is -0.841. The first-order valence-electron chi connectivity index (χ1n) is 7.56. The molecule has 0 aliphatic rings. The molecule has 1 heterocycles. The van der Waals surface area contributed by atoms with Gasteiger partial charge in [0.05, 0.1) is 18.3 Å². The number of pyridine rings is 1. The minimum absolute atomic E-state index is 0.168. The lowest BCUT2D eigenvalue weighted by Gasteiger charge is -2.28. The van der Waals surface area contributed by atoms with Crippen molar-refractivity contribution < 1.29 is 14.3 Å². The highest BCUT2D eigenvalue weighted by Crippen LogP contribution is 2.21. The third kappa shape index (κ3) is 4.39. The molecule has 23 heavy (non-hydrogen) atoms. The molecule has 1 atom stereocenters. The molecule has 0 N–H and O–H groups in total. The van der Waals surface area contributed by atoms with Gasteiger partial charge in [-0.1, -0.05) is 36.4 Å². The van der Waals surface area contributed by atoms with Crippen molar-refractivity contribution in [3.63, 3.8) is 0 Å². The van der Waals surface area contributed by atoms with E-state index in [-0.39, 0.29) is 12.6 Å². The summed E-state index contributed by atoms with van der Waals surface area (Å²) in [7, 11) is 0. The number of carbonyl (C=O) groups is 2. The second-order valence-electron chi connectivity index (χ2n) is 5.07. The Morgan fingerprint density at radius 3 is 2.43 bits per heavy atom. The number of rotatable bonds is 5. The van der Waals surface area contributed by atoms with Gasteiger partial charge >= 0.3 is 11.9 Å². The fourth-order valence-electron chi connectivity index (χ4n) is 2.26. The van der Waals surface area contributed by atoms with Crippen molar-refractivity contribution >= 4 is 11.9 Å². The molecule has 0 radical (unpaired) electrons. The Labute approximate surface area is 135 Å². The number of amides is 1. The van der Waals surface area contributed by atoms with Crippen LogP contribution in [0.5, 0.6) is 0 Å². The number of hydrogen-bond acceptors (Lipinski definition) is 4. The van der Waals surface area contributed by atoms with Gasteiger partial charge in [0.1, 0.15) is 0 Å². The summed E-state index contributed by atoms with van der Waals surface area (Å²) in [6, 6.07) is 14.7. The fourth-order valence-corrected chi connectivity index (χ4v) is 2.26. The lowest BCUT2D eigenvalue weighted by molar-refractivity contribution is -0.161. The molecule has 5 nitrogen and oxygen atoms in total. The Morgan fingerprint density at radius 2 is 1.83 bits per heavy atom. The molecule has 1 unspecified atom stereocenters. The highest BCUT2D eigenvalue weighted by Gasteiger charge is 2.28. The molecule has 2 rings (SSSR count). The standard InChI is InChI=1S/C18H20N2O3/c1-3-23-18(22)17(21)20(13-15-9-5-4-6-10-15)14(2)16-11-7-8-12-19-16/h4-12,14H,3,13H2,1-2H3. The van der Waals surface area contributed by atoms with Gasteiger partial charge in [-0.2, -0.15) is 0 Å². The number of ether oxygens (including phenoxy) is 1. The van der Waals surface area contributed by atoms with Gasteiger partial charge in [0.2, 0.25) is 0 Å². The summed E-state index contributed by atoms with van der Waals surface area (Å²) in [5.41, 5.74) is 1.66. The second kappa shape index (κ2) is 8.08. The van der Waals surface area contributed by atoms with Crippen LogP contribution < -0.4 is 0 Å². The van der Waals surface area contributed by atoms with E-state index in [0.717, 1.165) is 11.3 Å². The van der Waals surface area contributed by atoms with Crippen LogP contribution in [0.1, 0.15) is 31.1 Å². The predicted octanol–water partition coefficient (Wildman–Crippen LogP) is 2.73. The van der Waals surface area contributed by atoms with Crippen LogP contribution in [0.25, 0.3) is 0 Å². The highest BCUT2D eigenvalue weighted by molar-refractivity contribution is 6.32. The van der Waals surface area contributed by atoms with E-state index in [4.69, 9.17) is 4.74 Å². The van der Waals surface area contributed by atoms with Crippen molar-refractivity contribution in [2.45, 2.75) is 26.4 Å². The van der Waals surface area contributed by atoms with Gasteiger partial charge in [-0.25, -0.2) is 4.79 Å². The maximum absolute atomic E-state index is 12.5. The molecule has 1 aromatic carbocycles. The van der Waals surface area contributed by atoms with E-state index in [1.807, 2.05) is 55.5 Å². The zero-order valence-corrected chi connectivity index (χ0v) is 13.3. The van der Waals surface area contributed by atoms with Crippen LogP contribution in [0.4, 0.5) is 0 Å². The number of hydrogen-bond donors (Lipinski definition) is 0. The topological polar surface area (TPSA) is 59.5 Å². The van der Waals surface area contributed by atoms with Gasteiger partial charge in [0.15, 0.2) is 0 Å². The third-order valence-electron chi connectivity index (χ3n) is 3.49. The first kappa shape index (κ1) is 16.7. The molecule has 120 valence electrons. The van der Waals surface area contributed by atoms with Crippen molar-refractivity contribution in [2.24, 2.45) is 0 Å². The van der Waals surface area contributed by atoms with Crippen molar-refractivity contribution in [2.75, 3.05) is 6.61 Å². The predicted molar refractivity (Wildman–Crippen MR) is 86.3 cm³/mol. The molecule has 0 bridgehead atoms. The average Bonchev–Trinajstić information content (AvgIpc) is 2.60. The summed E-state index contributed by atoms with van der Waals surface area (Å²) < 4.78 is 4.86. The largest absolute Gasteiger partial charge is 0.459 e. The van der Waals surface area contributed by atoms with E-state index < -0.39 is 11.9 Å². The summed E-state index contributed by atoms with van der Waals surface area (Å²) in [6.45, 7) is 4.01. The second-order valence-corrected chi connectivity index (χ2v) is 5.07. The van der Waals surface area contributed by atoms with E-state index in [0.29, 0.717) is 6.54 Å². The lowest BCUT2D eigenvalue weighted by atomic mass is 10.1. The lowest BCUT2D eigenvalue weighted by Crippen LogP contribution is -2.39. The van der Waals surface area contributed by atoms with Gasteiger partial charge in [-0.05, 0) is 31.5 Å². The SMILES string of the molecule is CCOC(=O)C(=O)N(Cc1ccccc1)C(C)c1ccccn1. The summed E-state index contributed by atoms with van der Waals surface area (Å²) in [6.07, 6.45) is 1.67. The zero-order chi connectivity index (χ0) is 16.7. The van der Waals surface area contributed by atoms with Crippen LogP contribution in [-0.4, -0.2) is 28.4 Å². The van der Waals surface area contributed by atoms with Crippen LogP contribution in [0.3, 0.4) is 0 Å². The van der Waals surface area contributed by atoms with Crippen LogP contribution in [-0.2, 0) is 20.9 Å². The first-order chi connectivity index (χ1) is 11.1. The number of carbonyl (C=O) groups excluding carboxylic acids is 2. The third-order valence-corrected chi connectivity index (χ3v) is 3.49. The van der Waals surface area contributed by atoms with Gasteiger partial charge in [0, 0.05) is 12.7 Å². The number of benzene rings is 1. The van der Waals surface area contributed by atoms with E-state index in [9.17, 15) is 9.59 Å². The molecule has 0 saturated heterocycles. The Morgan fingerprint density at radius 1 is 1.13 bits per heavy atom. The van der Waals surface area contributed by atoms with Gasteiger partial charge in [-0.15, -0.1) is 0 Å². The van der Waals surface area contributed by atoms with E-state index in [2.05, 4.69) is 4.98 Å². The van der Waals surface area contributed by atoms with Crippen LogP contribution in [0.2, 0.25) is 0 Å². The van der Waals surface area contributed by atoms with Crippen molar-refractivity contribution in [1.29, 1.82) is 0 Å². The molecule has 1 aromatic heterocycles. The fraction of sp³-hybridized carbons (Fsp3) is 0.278. The Bertz CT molecular complexity index is 644. The van der Waals surface area contributed by atoms with Crippen LogP contribution >= 0.6 is 0 Å². The van der Waals surface area contributed by atoms with Crippen LogP contribution in [0.15, 0.2) is 54.7 Å². The number of nitrogens with zero attached hydrogens (tertiary/aromatic N) is 2. The molecule has 0 spiro atoms. The molecule has 2 aromatic rings. The molecular formula is C18H20N2O3. The molecule has 0 aliphatic carbocycles. The molecular weight excluding hydrogens is 292 g/mol. The normalized spacial score (nSPS) is 11.6. The van der Waals surface area contributed by atoms with Crippen molar-refractivity contribution in [3.05, 3.63) is 66.0 Å². The maximum Gasteiger partial charge on any atom is 0.397 e. The van der Waals surface area contributed by atoms with Gasteiger partial charge in [-0.3, -0.25) is 9.78 Å². The molecule has 0 fully saturated rings. The van der Waals surface area contributed by atoms with Crippen LogP contribution in [0, 0.1) is 0 Å². The smallest absolute Gasteiger partial charge is 0.397 e. The summed E-state index contributed by atoms with van der Waals surface area (Å²) in [5.74, 6) is -1.50. The number of esters is 1. The minimum Gasteiger partial charge on any atom is -0.459 e. The molecule has 0 saturated carbocycles. The summed E-state index contributed by atoms with van der Waals surface area (Å²) in [5, 5.41) is 0. The van der Waals surface area contributed by atoms with E-state index >= 15 is 0 Å². The van der Waals surface area contributed by atoms with E-state index in [1.165, 1.54) is 4.90 Å². The van der Waals surface area contributed by atoms with Gasteiger partial charge in [0.25, 0.3) is 0 Å². The quantitative estimate of drug-likeness (QED) is 0.629. The zero-order valence-electron chi connectivity index (χ0n) is 13.3. The molecule has 0 aliphatic heterocycles. The maximum atomic E-state index is 12.5. The van der Waals surface area contributed by atoms with Gasteiger partial charge < -0.3 is 9.64 Å². The monoisotopic (exact) mass is 312 g/mol. The Hall–Kier alpha value is -2.69. The van der Waals surface area contributed by atoms with E-state index in [1.54, 1.807) is 13.1 Å². The molecule has 5 heteroatoms. The Kier molecular flexibility index (Phi) is 5.86. The number of aromatic nitrogens is 1. The van der Waals surface area contributed by atoms with Crippen molar-refractivity contribution in [3.8, 4) is 0 Å². The highest BCUT2D eigenvalue weighted by atomic mass is 16.5. The summed E-state index contributed by atoms with van der Waals surface area (Å²) >= 11 is 0. The van der Waals surface area contributed by atoms with Crippen molar-refractivity contribution in [1.82, 2.24) is 9.88 Å². The first-order valence-corrected chi connectivity index (χ1v) is 7.56. The summed E-state index contributed by atoms with van der Waals surface area (Å²) in [4.78, 5) is 30.1.